The van der Waals surface area contributed by atoms with Crippen LogP contribution in [0.1, 0.15) is 23.1 Å². The summed E-state index contributed by atoms with van der Waals surface area (Å²) in [4.78, 5) is 28.2. The van der Waals surface area contributed by atoms with Crippen LogP contribution in [-0.2, 0) is 4.79 Å². The molecule has 3 aromatic rings. The van der Waals surface area contributed by atoms with Gasteiger partial charge in [-0.3, -0.25) is 14.0 Å². The SMILES string of the molecule is CC(=O)Nc1cccc(NC(=O)c2c(C)nc3c(Cl)cc(Cl)cn23)c1. The number of imidazole rings is 1. The Balaban J connectivity index is 1.96. The first-order chi connectivity index (χ1) is 11.8. The van der Waals surface area contributed by atoms with Crippen molar-refractivity contribution < 1.29 is 9.59 Å². The van der Waals surface area contributed by atoms with Gasteiger partial charge in [-0.25, -0.2) is 4.98 Å². The number of benzene rings is 1. The maximum Gasteiger partial charge on any atom is 0.274 e. The van der Waals surface area contributed by atoms with Crippen molar-refractivity contribution in [2.24, 2.45) is 0 Å². The van der Waals surface area contributed by atoms with Crippen molar-refractivity contribution in [3.63, 3.8) is 0 Å². The Morgan fingerprint density at radius 3 is 2.48 bits per heavy atom. The van der Waals surface area contributed by atoms with E-state index in [0.29, 0.717) is 38.5 Å². The molecule has 6 nitrogen and oxygen atoms in total. The van der Waals surface area contributed by atoms with Crippen LogP contribution in [-0.4, -0.2) is 21.2 Å². The lowest BCUT2D eigenvalue weighted by molar-refractivity contribution is -0.114. The van der Waals surface area contributed by atoms with Crippen LogP contribution in [0.15, 0.2) is 36.5 Å². The highest BCUT2D eigenvalue weighted by Crippen LogP contribution is 2.25. The summed E-state index contributed by atoms with van der Waals surface area (Å²) in [5.41, 5.74) is 2.45. The largest absolute Gasteiger partial charge is 0.326 e. The minimum Gasteiger partial charge on any atom is -0.326 e. The summed E-state index contributed by atoms with van der Waals surface area (Å²) < 4.78 is 1.56. The number of pyridine rings is 1. The van der Waals surface area contributed by atoms with E-state index in [-0.39, 0.29) is 11.8 Å². The molecule has 2 amide bonds. The third-order valence-corrected chi connectivity index (χ3v) is 3.96. The van der Waals surface area contributed by atoms with Gasteiger partial charge in [0.2, 0.25) is 5.91 Å². The number of nitrogens with zero attached hydrogens (tertiary/aromatic N) is 2. The highest BCUT2D eigenvalue weighted by molar-refractivity contribution is 6.36. The van der Waals surface area contributed by atoms with E-state index in [1.807, 2.05) is 0 Å². The molecule has 2 N–H and O–H groups in total. The van der Waals surface area contributed by atoms with E-state index < -0.39 is 0 Å². The van der Waals surface area contributed by atoms with Gasteiger partial charge in [-0.1, -0.05) is 29.3 Å². The molecule has 0 unspecified atom stereocenters. The number of aromatic nitrogens is 2. The highest BCUT2D eigenvalue weighted by Gasteiger charge is 2.19. The molecule has 2 aromatic heterocycles. The number of halogens is 2. The fourth-order valence-electron chi connectivity index (χ4n) is 2.53. The number of carbonyl (C=O) groups excluding carboxylic acids is 2. The Kier molecular flexibility index (Phi) is 4.65. The lowest BCUT2D eigenvalue weighted by atomic mass is 10.2. The van der Waals surface area contributed by atoms with Gasteiger partial charge in [0.05, 0.1) is 15.7 Å². The number of aryl methyl sites for hydroxylation is 1. The molecule has 0 saturated heterocycles. The fourth-order valence-corrected chi connectivity index (χ4v) is 3.04. The molecule has 0 fully saturated rings. The van der Waals surface area contributed by atoms with Gasteiger partial charge in [0.1, 0.15) is 5.69 Å². The zero-order valence-electron chi connectivity index (χ0n) is 13.4. The number of amides is 2. The van der Waals surface area contributed by atoms with Gasteiger partial charge in [0.25, 0.3) is 5.91 Å². The second kappa shape index (κ2) is 6.74. The van der Waals surface area contributed by atoms with E-state index >= 15 is 0 Å². The van der Waals surface area contributed by atoms with Crippen LogP contribution in [0.25, 0.3) is 5.65 Å². The number of rotatable bonds is 3. The lowest BCUT2D eigenvalue weighted by Crippen LogP contribution is -2.16. The first-order valence-corrected chi connectivity index (χ1v) is 8.13. The summed E-state index contributed by atoms with van der Waals surface area (Å²) in [7, 11) is 0. The predicted octanol–water partition coefficient (Wildman–Crippen LogP) is 4.16. The summed E-state index contributed by atoms with van der Waals surface area (Å²) in [5.74, 6) is -0.548. The average molecular weight is 377 g/mol. The minimum atomic E-state index is -0.358. The van der Waals surface area contributed by atoms with Gasteiger partial charge in [-0.2, -0.15) is 0 Å². The Labute approximate surface area is 153 Å². The summed E-state index contributed by atoms with van der Waals surface area (Å²) in [6.07, 6.45) is 1.59. The van der Waals surface area contributed by atoms with Crippen LogP contribution in [0.4, 0.5) is 11.4 Å². The molecule has 25 heavy (non-hydrogen) atoms. The van der Waals surface area contributed by atoms with Crippen LogP contribution in [0.3, 0.4) is 0 Å². The molecule has 0 atom stereocenters. The van der Waals surface area contributed by atoms with Gasteiger partial charge in [-0.15, -0.1) is 0 Å². The Morgan fingerprint density at radius 1 is 1.12 bits per heavy atom. The van der Waals surface area contributed by atoms with Crippen LogP contribution >= 0.6 is 23.2 Å². The molecular formula is C17H14Cl2N4O2. The molecule has 128 valence electrons. The van der Waals surface area contributed by atoms with Crippen LogP contribution in [0.5, 0.6) is 0 Å². The second-order valence-electron chi connectivity index (χ2n) is 5.46. The number of fused-ring (bicyclic) bond motifs is 1. The van der Waals surface area contributed by atoms with E-state index in [4.69, 9.17) is 23.2 Å². The smallest absolute Gasteiger partial charge is 0.274 e. The van der Waals surface area contributed by atoms with Crippen molar-refractivity contribution in [2.45, 2.75) is 13.8 Å². The fraction of sp³-hybridized carbons (Fsp3) is 0.118. The first kappa shape index (κ1) is 17.3. The monoisotopic (exact) mass is 376 g/mol. The Hall–Kier alpha value is -2.57. The van der Waals surface area contributed by atoms with Gasteiger partial charge in [0.15, 0.2) is 5.65 Å². The molecule has 0 aliphatic heterocycles. The zero-order valence-corrected chi connectivity index (χ0v) is 14.9. The average Bonchev–Trinajstić information content (AvgIpc) is 2.83. The molecule has 3 rings (SSSR count). The Bertz CT molecular complexity index is 998. The van der Waals surface area contributed by atoms with Crippen LogP contribution in [0, 0.1) is 6.92 Å². The summed E-state index contributed by atoms with van der Waals surface area (Å²) in [6.45, 7) is 3.14. The molecule has 8 heteroatoms. The van der Waals surface area contributed by atoms with Crippen molar-refractivity contribution in [1.82, 2.24) is 9.38 Å². The van der Waals surface area contributed by atoms with Gasteiger partial charge in [-0.05, 0) is 31.2 Å². The topological polar surface area (TPSA) is 75.5 Å². The third-order valence-electron chi connectivity index (χ3n) is 3.47. The van der Waals surface area contributed by atoms with Crippen molar-refractivity contribution in [2.75, 3.05) is 10.6 Å². The summed E-state index contributed by atoms with van der Waals surface area (Å²) in [5, 5.41) is 6.22. The molecule has 0 aliphatic rings. The second-order valence-corrected chi connectivity index (χ2v) is 6.31. The number of hydrogen-bond donors (Lipinski definition) is 2. The molecule has 1 aromatic carbocycles. The van der Waals surface area contributed by atoms with Gasteiger partial charge < -0.3 is 10.6 Å². The minimum absolute atomic E-state index is 0.189. The summed E-state index contributed by atoms with van der Waals surface area (Å²) in [6, 6.07) is 8.43. The summed E-state index contributed by atoms with van der Waals surface area (Å²) >= 11 is 12.2. The van der Waals surface area contributed by atoms with E-state index in [1.54, 1.807) is 47.9 Å². The standard InChI is InChI=1S/C17H14Cl2N4O2/c1-9-15(23-8-11(18)6-14(19)16(23)20-9)17(25)22-13-5-3-4-12(7-13)21-10(2)24/h3-8H,1-2H3,(H,21,24)(H,22,25). The maximum atomic E-state index is 12.7. The van der Waals surface area contributed by atoms with E-state index in [0.717, 1.165) is 0 Å². The van der Waals surface area contributed by atoms with Crippen LogP contribution in [0.2, 0.25) is 10.0 Å². The first-order valence-electron chi connectivity index (χ1n) is 7.38. The number of anilines is 2. The van der Waals surface area contributed by atoms with Crippen molar-refractivity contribution in [1.29, 1.82) is 0 Å². The highest BCUT2D eigenvalue weighted by atomic mass is 35.5. The van der Waals surface area contributed by atoms with E-state index in [9.17, 15) is 9.59 Å². The van der Waals surface area contributed by atoms with Crippen molar-refractivity contribution in [3.05, 3.63) is 58.0 Å². The molecule has 0 radical (unpaired) electrons. The van der Waals surface area contributed by atoms with Crippen molar-refractivity contribution in [3.8, 4) is 0 Å². The molecule has 0 bridgehead atoms. The number of hydrogen-bond acceptors (Lipinski definition) is 3. The Morgan fingerprint density at radius 2 is 1.80 bits per heavy atom. The maximum absolute atomic E-state index is 12.7. The predicted molar refractivity (Wildman–Crippen MR) is 98.6 cm³/mol. The molecule has 0 saturated carbocycles. The van der Waals surface area contributed by atoms with Gasteiger partial charge >= 0.3 is 0 Å². The lowest BCUT2D eigenvalue weighted by Gasteiger charge is -2.09. The van der Waals surface area contributed by atoms with Gasteiger partial charge in [0, 0.05) is 24.5 Å². The quantitative estimate of drug-likeness (QED) is 0.720. The molecule has 2 heterocycles. The van der Waals surface area contributed by atoms with E-state index in [2.05, 4.69) is 15.6 Å². The third kappa shape index (κ3) is 3.60. The molecule has 0 spiro atoms. The van der Waals surface area contributed by atoms with E-state index in [1.165, 1.54) is 6.92 Å². The van der Waals surface area contributed by atoms with Crippen LogP contribution < -0.4 is 10.6 Å². The number of nitrogens with one attached hydrogen (secondary N) is 2. The van der Waals surface area contributed by atoms with Crippen molar-refractivity contribution >= 4 is 52.0 Å². The zero-order chi connectivity index (χ0) is 18.1. The number of carbonyl (C=O) groups is 2. The molecule has 0 aliphatic carbocycles. The normalized spacial score (nSPS) is 10.7. The molecular weight excluding hydrogens is 363 g/mol.